The molecule has 2 N–H and O–H groups in total. The van der Waals surface area contributed by atoms with E-state index in [4.69, 9.17) is 10.5 Å². The van der Waals surface area contributed by atoms with E-state index in [2.05, 4.69) is 0 Å². The van der Waals surface area contributed by atoms with Crippen molar-refractivity contribution in [3.63, 3.8) is 0 Å². The number of nitrogens with two attached hydrogens (primary N) is 1. The molecule has 1 rings (SSSR count). The van der Waals surface area contributed by atoms with Gasteiger partial charge in [0.1, 0.15) is 0 Å². The summed E-state index contributed by atoms with van der Waals surface area (Å²) in [6.07, 6.45) is -4.29. The van der Waals surface area contributed by atoms with Gasteiger partial charge in [0.05, 0.1) is 21.9 Å². The van der Waals surface area contributed by atoms with E-state index in [-0.39, 0.29) is 23.7 Å². The van der Waals surface area contributed by atoms with E-state index in [1.165, 1.54) is 0 Å². The van der Waals surface area contributed by atoms with Gasteiger partial charge in [-0.1, -0.05) is 0 Å². The normalized spacial score (nSPS) is 12.6. The molecule has 0 aliphatic carbocycles. The minimum Gasteiger partial charge on any atom is -0.398 e. The molecule has 0 aromatic heterocycles. The molecule has 0 aliphatic heterocycles. The van der Waals surface area contributed by atoms with Gasteiger partial charge in [-0.25, -0.2) is 8.42 Å². The minimum atomic E-state index is -4.55. The number of sulfone groups is 1. The predicted molar refractivity (Wildman–Crippen MR) is 69.0 cm³/mol. The van der Waals surface area contributed by atoms with Gasteiger partial charge in [0, 0.05) is 13.2 Å². The summed E-state index contributed by atoms with van der Waals surface area (Å²) in [6, 6.07) is 2.25. The summed E-state index contributed by atoms with van der Waals surface area (Å²) >= 11 is 0. The fourth-order valence-corrected chi connectivity index (χ4v) is 3.02. The quantitative estimate of drug-likeness (QED) is 0.647. The van der Waals surface area contributed by atoms with Crippen molar-refractivity contribution in [1.82, 2.24) is 0 Å². The van der Waals surface area contributed by atoms with Gasteiger partial charge in [0.15, 0.2) is 9.84 Å². The lowest BCUT2D eigenvalue weighted by atomic mass is 10.2. The molecule has 0 spiro atoms. The fraction of sp³-hybridized carbons (Fsp3) is 0.500. The molecule has 0 saturated heterocycles. The van der Waals surface area contributed by atoms with Crippen molar-refractivity contribution in [2.75, 3.05) is 24.7 Å². The third-order valence-electron chi connectivity index (χ3n) is 2.58. The molecular formula is C12H16F3NO3S. The van der Waals surface area contributed by atoms with Crippen LogP contribution in [0.2, 0.25) is 0 Å². The summed E-state index contributed by atoms with van der Waals surface area (Å²) < 4.78 is 66.3. The van der Waals surface area contributed by atoms with Gasteiger partial charge in [0.25, 0.3) is 0 Å². The number of nitrogen functional groups attached to an aromatic ring is 1. The largest absolute Gasteiger partial charge is 0.416 e. The summed E-state index contributed by atoms with van der Waals surface area (Å²) in [4.78, 5) is -0.276. The summed E-state index contributed by atoms with van der Waals surface area (Å²) in [6.45, 7) is 2.53. The van der Waals surface area contributed by atoms with Gasteiger partial charge in [-0.3, -0.25) is 0 Å². The summed E-state index contributed by atoms with van der Waals surface area (Å²) in [5.74, 6) is -0.220. The van der Waals surface area contributed by atoms with Crippen LogP contribution < -0.4 is 5.73 Å². The molecule has 0 saturated carbocycles. The van der Waals surface area contributed by atoms with Crippen LogP contribution in [0.3, 0.4) is 0 Å². The molecule has 0 amide bonds. The Morgan fingerprint density at radius 3 is 2.45 bits per heavy atom. The van der Waals surface area contributed by atoms with Crippen LogP contribution in [0.5, 0.6) is 0 Å². The lowest BCUT2D eigenvalue weighted by Gasteiger charge is -2.11. The van der Waals surface area contributed by atoms with Gasteiger partial charge in [-0.2, -0.15) is 13.2 Å². The maximum absolute atomic E-state index is 12.5. The highest BCUT2D eigenvalue weighted by molar-refractivity contribution is 7.91. The number of ether oxygens (including phenoxy) is 1. The van der Waals surface area contributed by atoms with Crippen molar-refractivity contribution < 1.29 is 26.3 Å². The highest BCUT2D eigenvalue weighted by Gasteiger charge is 2.31. The summed E-state index contributed by atoms with van der Waals surface area (Å²) in [5.41, 5.74) is 4.06. The monoisotopic (exact) mass is 311 g/mol. The Hall–Kier alpha value is -1.28. The van der Waals surface area contributed by atoms with Gasteiger partial charge in [0.2, 0.25) is 0 Å². The van der Waals surface area contributed by atoms with Gasteiger partial charge in [-0.05, 0) is 31.5 Å². The second kappa shape index (κ2) is 6.45. The molecule has 0 aliphatic rings. The lowest BCUT2D eigenvalue weighted by Crippen LogP contribution is -2.13. The van der Waals surface area contributed by atoms with Gasteiger partial charge >= 0.3 is 6.18 Å². The molecule has 0 radical (unpaired) electrons. The molecule has 0 heterocycles. The molecule has 0 unspecified atom stereocenters. The second-order valence-electron chi connectivity index (χ2n) is 4.12. The van der Waals surface area contributed by atoms with Crippen LogP contribution in [0, 0.1) is 0 Å². The first-order valence-electron chi connectivity index (χ1n) is 5.95. The van der Waals surface area contributed by atoms with E-state index in [0.717, 1.165) is 6.07 Å². The Morgan fingerprint density at radius 1 is 1.30 bits per heavy atom. The van der Waals surface area contributed by atoms with E-state index in [0.29, 0.717) is 18.7 Å². The summed E-state index contributed by atoms with van der Waals surface area (Å²) in [7, 11) is -3.71. The molecule has 1 aromatic rings. The fourth-order valence-electron chi connectivity index (χ4n) is 1.61. The number of rotatable bonds is 6. The Balaban J connectivity index is 2.91. The third-order valence-corrected chi connectivity index (χ3v) is 4.45. The predicted octanol–water partition coefficient (Wildman–Crippen LogP) is 2.49. The van der Waals surface area contributed by atoms with Crippen molar-refractivity contribution in [2.45, 2.75) is 24.4 Å². The number of hydrogen-bond acceptors (Lipinski definition) is 4. The van der Waals surface area contributed by atoms with Gasteiger partial charge in [-0.15, -0.1) is 0 Å². The van der Waals surface area contributed by atoms with Crippen molar-refractivity contribution in [1.29, 1.82) is 0 Å². The van der Waals surface area contributed by atoms with Crippen LogP contribution in [-0.2, 0) is 20.8 Å². The zero-order chi connectivity index (χ0) is 15.4. The molecule has 0 bridgehead atoms. The Kier molecular flexibility index (Phi) is 5.41. The van der Waals surface area contributed by atoms with Crippen LogP contribution in [0.25, 0.3) is 0 Å². The van der Waals surface area contributed by atoms with Crippen LogP contribution in [0.1, 0.15) is 18.9 Å². The zero-order valence-corrected chi connectivity index (χ0v) is 11.7. The van der Waals surface area contributed by atoms with Crippen LogP contribution in [0.4, 0.5) is 18.9 Å². The van der Waals surface area contributed by atoms with Gasteiger partial charge < -0.3 is 10.5 Å². The maximum Gasteiger partial charge on any atom is 0.416 e. The van der Waals surface area contributed by atoms with Crippen molar-refractivity contribution >= 4 is 15.5 Å². The molecule has 114 valence electrons. The molecule has 20 heavy (non-hydrogen) atoms. The number of alkyl halides is 3. The van der Waals surface area contributed by atoms with Crippen LogP contribution >= 0.6 is 0 Å². The minimum absolute atomic E-state index is 0.220. The van der Waals surface area contributed by atoms with Crippen molar-refractivity contribution in [3.8, 4) is 0 Å². The van der Waals surface area contributed by atoms with E-state index < -0.39 is 27.3 Å². The molecule has 8 heteroatoms. The number of halogens is 3. The first kappa shape index (κ1) is 16.8. The lowest BCUT2D eigenvalue weighted by molar-refractivity contribution is -0.137. The van der Waals surface area contributed by atoms with Crippen molar-refractivity contribution in [3.05, 3.63) is 23.8 Å². The van der Waals surface area contributed by atoms with E-state index >= 15 is 0 Å². The first-order chi connectivity index (χ1) is 9.18. The Labute approximate surface area is 115 Å². The second-order valence-corrected chi connectivity index (χ2v) is 6.20. The molecule has 0 atom stereocenters. The van der Waals surface area contributed by atoms with Crippen LogP contribution in [0.15, 0.2) is 23.1 Å². The zero-order valence-electron chi connectivity index (χ0n) is 10.9. The number of hydrogen-bond donors (Lipinski definition) is 1. The smallest absolute Gasteiger partial charge is 0.398 e. The SMILES string of the molecule is CCOCCCS(=O)(=O)c1ccc(C(F)(F)F)cc1N. The molecule has 4 nitrogen and oxygen atoms in total. The molecular weight excluding hydrogens is 295 g/mol. The number of anilines is 1. The molecule has 1 aromatic carbocycles. The Bertz CT molecular complexity index is 556. The van der Waals surface area contributed by atoms with E-state index in [1.54, 1.807) is 6.92 Å². The maximum atomic E-state index is 12.5. The number of benzene rings is 1. The average Bonchev–Trinajstić information content (AvgIpc) is 2.33. The van der Waals surface area contributed by atoms with Crippen LogP contribution in [-0.4, -0.2) is 27.4 Å². The molecule has 0 fully saturated rings. The summed E-state index contributed by atoms with van der Waals surface area (Å²) in [5, 5.41) is 0. The Morgan fingerprint density at radius 2 is 1.95 bits per heavy atom. The van der Waals surface area contributed by atoms with Crippen molar-refractivity contribution in [2.24, 2.45) is 0 Å². The highest BCUT2D eigenvalue weighted by atomic mass is 32.2. The van der Waals surface area contributed by atoms with E-state index in [1.807, 2.05) is 0 Å². The topological polar surface area (TPSA) is 69.4 Å². The first-order valence-corrected chi connectivity index (χ1v) is 7.61. The average molecular weight is 311 g/mol. The van der Waals surface area contributed by atoms with E-state index in [9.17, 15) is 21.6 Å². The standard InChI is InChI=1S/C12H16F3NO3S/c1-2-19-6-3-7-20(17,18)11-5-4-9(8-10(11)16)12(13,14)15/h4-5,8H,2-3,6-7,16H2,1H3. The highest BCUT2D eigenvalue weighted by Crippen LogP contribution is 2.32. The third kappa shape index (κ3) is 4.38.